The highest BCUT2D eigenvalue weighted by Crippen LogP contribution is 2.37. The highest BCUT2D eigenvalue weighted by Gasteiger charge is 2.30. The summed E-state index contributed by atoms with van der Waals surface area (Å²) in [6.45, 7) is 2.05. The molecule has 112 valence electrons. The molecule has 0 amide bonds. The Labute approximate surface area is 142 Å². The van der Waals surface area contributed by atoms with Gasteiger partial charge in [0.15, 0.2) is 0 Å². The molecule has 1 aromatic heterocycles. The van der Waals surface area contributed by atoms with E-state index in [1.165, 1.54) is 5.56 Å². The molecule has 0 unspecified atom stereocenters. The van der Waals surface area contributed by atoms with E-state index in [4.69, 9.17) is 39.3 Å². The zero-order chi connectivity index (χ0) is 15.7. The second-order valence-corrected chi connectivity index (χ2v) is 7.15. The van der Waals surface area contributed by atoms with E-state index in [2.05, 4.69) is 41.3 Å². The monoisotopic (exact) mass is 352 g/mol. The van der Waals surface area contributed by atoms with Gasteiger partial charge in [0.2, 0.25) is 5.82 Å². The summed E-state index contributed by atoms with van der Waals surface area (Å²) < 4.78 is 3.27. The molecule has 0 saturated carbocycles. The van der Waals surface area contributed by atoms with Crippen LogP contribution in [0.2, 0.25) is 0 Å². The Balaban J connectivity index is 1.97. The van der Waals surface area contributed by atoms with Crippen LogP contribution in [-0.4, -0.2) is 10.1 Å². The van der Waals surface area contributed by atoms with Crippen molar-refractivity contribution in [2.24, 2.45) is 0 Å². The van der Waals surface area contributed by atoms with Gasteiger partial charge < -0.3 is 4.52 Å². The average Bonchev–Trinajstić information content (AvgIpc) is 2.98. The molecule has 0 aliphatic carbocycles. The molecular weight excluding hydrogens is 343 g/mol. The lowest BCUT2D eigenvalue weighted by molar-refractivity contribution is 0.383. The fourth-order valence-electron chi connectivity index (χ4n) is 2.04. The van der Waals surface area contributed by atoms with E-state index in [-0.39, 0.29) is 5.89 Å². The van der Waals surface area contributed by atoms with E-state index < -0.39 is 3.79 Å². The molecule has 0 fully saturated rings. The summed E-state index contributed by atoms with van der Waals surface area (Å²) in [5.74, 6) is 0.337. The van der Waals surface area contributed by atoms with Gasteiger partial charge in [-0.1, -0.05) is 88.0 Å². The van der Waals surface area contributed by atoms with E-state index in [0.29, 0.717) is 5.82 Å². The zero-order valence-electron chi connectivity index (χ0n) is 11.6. The van der Waals surface area contributed by atoms with Gasteiger partial charge in [-0.15, -0.1) is 0 Å². The maximum Gasteiger partial charge on any atom is 0.279 e. The van der Waals surface area contributed by atoms with Crippen LogP contribution < -0.4 is 0 Å². The van der Waals surface area contributed by atoms with Gasteiger partial charge in [-0.25, -0.2) is 0 Å². The van der Waals surface area contributed by atoms with Crippen LogP contribution in [0.4, 0.5) is 0 Å². The van der Waals surface area contributed by atoms with E-state index in [0.717, 1.165) is 16.7 Å². The third-order valence-corrected chi connectivity index (χ3v) is 3.66. The SMILES string of the molecule is Cc1ccc(-c2cccc(-c3noc(C(Cl)(Cl)Cl)n3)c2)cc1. The molecule has 2 aromatic carbocycles. The summed E-state index contributed by atoms with van der Waals surface area (Å²) in [5, 5.41) is 3.86. The summed E-state index contributed by atoms with van der Waals surface area (Å²) in [5.41, 5.74) is 4.17. The number of aryl methyl sites for hydroxylation is 1. The number of hydrogen-bond donors (Lipinski definition) is 0. The Hall–Kier alpha value is -1.55. The van der Waals surface area contributed by atoms with E-state index in [9.17, 15) is 0 Å². The fraction of sp³-hybridized carbons (Fsp3) is 0.125. The Bertz CT molecular complexity index is 792. The van der Waals surface area contributed by atoms with Gasteiger partial charge in [0.05, 0.1) is 0 Å². The van der Waals surface area contributed by atoms with Crippen LogP contribution in [0.25, 0.3) is 22.5 Å². The summed E-state index contributed by atoms with van der Waals surface area (Å²) in [6.07, 6.45) is 0. The summed E-state index contributed by atoms with van der Waals surface area (Å²) in [7, 11) is 0. The van der Waals surface area contributed by atoms with Gasteiger partial charge >= 0.3 is 0 Å². The minimum absolute atomic E-state index is 0.0479. The molecule has 3 aromatic rings. The second kappa shape index (κ2) is 5.92. The maximum atomic E-state index is 5.74. The number of nitrogens with zero attached hydrogens (tertiary/aromatic N) is 2. The molecule has 0 spiro atoms. The Morgan fingerprint density at radius 1 is 0.909 bits per heavy atom. The molecule has 3 rings (SSSR count). The fourth-order valence-corrected chi connectivity index (χ4v) is 2.27. The third kappa shape index (κ3) is 3.27. The number of alkyl halides is 3. The molecule has 0 N–H and O–H groups in total. The molecule has 3 nitrogen and oxygen atoms in total. The largest absolute Gasteiger partial charge is 0.334 e. The Kier molecular flexibility index (Phi) is 4.13. The molecule has 0 radical (unpaired) electrons. The predicted molar refractivity (Wildman–Crippen MR) is 89.1 cm³/mol. The van der Waals surface area contributed by atoms with Crippen LogP contribution in [0.1, 0.15) is 11.5 Å². The quantitative estimate of drug-likeness (QED) is 0.568. The molecule has 0 aliphatic rings. The van der Waals surface area contributed by atoms with Gasteiger partial charge in [0.25, 0.3) is 9.68 Å². The number of rotatable bonds is 2. The van der Waals surface area contributed by atoms with Crippen molar-refractivity contribution in [3.63, 3.8) is 0 Å². The minimum Gasteiger partial charge on any atom is -0.334 e. The summed E-state index contributed by atoms with van der Waals surface area (Å²) >= 11 is 17.2. The first-order valence-corrected chi connectivity index (χ1v) is 7.65. The first-order valence-electron chi connectivity index (χ1n) is 6.52. The molecule has 6 heteroatoms. The van der Waals surface area contributed by atoms with Gasteiger partial charge in [-0.3, -0.25) is 0 Å². The van der Waals surface area contributed by atoms with E-state index in [1.54, 1.807) is 0 Å². The highest BCUT2D eigenvalue weighted by atomic mass is 35.6. The first-order chi connectivity index (χ1) is 10.4. The van der Waals surface area contributed by atoms with Crippen molar-refractivity contribution in [1.29, 1.82) is 0 Å². The van der Waals surface area contributed by atoms with Crippen LogP contribution in [-0.2, 0) is 3.79 Å². The van der Waals surface area contributed by atoms with Crippen LogP contribution in [0.3, 0.4) is 0 Å². The van der Waals surface area contributed by atoms with E-state index in [1.807, 2.05) is 24.3 Å². The molecule has 1 heterocycles. The smallest absolute Gasteiger partial charge is 0.279 e. The van der Waals surface area contributed by atoms with Gasteiger partial charge in [-0.05, 0) is 24.1 Å². The molecule has 0 aliphatic heterocycles. The van der Waals surface area contributed by atoms with Crippen molar-refractivity contribution in [2.75, 3.05) is 0 Å². The predicted octanol–water partition coefficient (Wildman–Crippen LogP) is 5.54. The van der Waals surface area contributed by atoms with Crippen LogP contribution in [0.5, 0.6) is 0 Å². The lowest BCUT2D eigenvalue weighted by Gasteiger charge is -2.04. The summed E-state index contributed by atoms with van der Waals surface area (Å²) in [4.78, 5) is 4.13. The van der Waals surface area contributed by atoms with Crippen LogP contribution in [0, 0.1) is 6.92 Å². The number of halogens is 3. The molecule has 0 atom stereocenters. The highest BCUT2D eigenvalue weighted by molar-refractivity contribution is 6.66. The van der Waals surface area contributed by atoms with Gasteiger partial charge in [-0.2, -0.15) is 4.98 Å². The first kappa shape index (κ1) is 15.3. The lowest BCUT2D eigenvalue weighted by Crippen LogP contribution is -1.99. The van der Waals surface area contributed by atoms with Crippen molar-refractivity contribution in [2.45, 2.75) is 10.7 Å². The topological polar surface area (TPSA) is 38.9 Å². The average molecular weight is 354 g/mol. The lowest BCUT2D eigenvalue weighted by atomic mass is 10.0. The zero-order valence-corrected chi connectivity index (χ0v) is 13.8. The van der Waals surface area contributed by atoms with Gasteiger partial charge in [0, 0.05) is 5.56 Å². The van der Waals surface area contributed by atoms with Crippen LogP contribution >= 0.6 is 34.8 Å². The molecular formula is C16H11Cl3N2O. The third-order valence-electron chi connectivity index (χ3n) is 3.17. The minimum atomic E-state index is -1.72. The van der Waals surface area contributed by atoms with E-state index >= 15 is 0 Å². The number of benzene rings is 2. The number of hydrogen-bond acceptors (Lipinski definition) is 3. The summed E-state index contributed by atoms with van der Waals surface area (Å²) in [6, 6.07) is 16.1. The number of aromatic nitrogens is 2. The van der Waals surface area contributed by atoms with Crippen LogP contribution in [0.15, 0.2) is 53.1 Å². The van der Waals surface area contributed by atoms with Crippen molar-refractivity contribution < 1.29 is 4.52 Å². The van der Waals surface area contributed by atoms with Crippen molar-refractivity contribution >= 4 is 34.8 Å². The van der Waals surface area contributed by atoms with Crippen molar-refractivity contribution in [3.05, 3.63) is 60.0 Å². The maximum absolute atomic E-state index is 5.74. The molecule has 0 saturated heterocycles. The Morgan fingerprint density at radius 3 is 2.23 bits per heavy atom. The van der Waals surface area contributed by atoms with Crippen molar-refractivity contribution in [1.82, 2.24) is 10.1 Å². The second-order valence-electron chi connectivity index (χ2n) is 4.87. The standard InChI is InChI=1S/C16H11Cl3N2O/c1-10-5-7-11(8-6-10)12-3-2-4-13(9-12)14-20-15(22-21-14)16(17,18)19/h2-9H,1H3. The van der Waals surface area contributed by atoms with Gasteiger partial charge in [0.1, 0.15) is 0 Å². The molecule has 0 bridgehead atoms. The van der Waals surface area contributed by atoms with Crippen molar-refractivity contribution in [3.8, 4) is 22.5 Å². The Morgan fingerprint density at radius 2 is 1.59 bits per heavy atom. The normalized spacial score (nSPS) is 11.6. The molecule has 22 heavy (non-hydrogen) atoms.